The number of carbonyl (C=O) groups excluding carboxylic acids is 2. The van der Waals surface area contributed by atoms with Crippen molar-refractivity contribution < 1.29 is 9.59 Å². The molecule has 42 heavy (non-hydrogen) atoms. The lowest BCUT2D eigenvalue weighted by Crippen LogP contribution is -2.07. The molecule has 0 fully saturated rings. The average molecular weight is 591 g/mol. The van der Waals surface area contributed by atoms with Crippen LogP contribution in [0.1, 0.15) is 223 Å². The van der Waals surface area contributed by atoms with Gasteiger partial charge in [-0.15, -0.1) is 0 Å². The van der Waals surface area contributed by atoms with E-state index in [4.69, 9.17) is 0 Å². The fourth-order valence-corrected chi connectivity index (χ4v) is 4.82. The third kappa shape index (κ3) is 31.7. The van der Waals surface area contributed by atoms with Gasteiger partial charge in [0.25, 0.3) is 0 Å². The van der Waals surface area contributed by atoms with Crippen LogP contribution in [-0.2, 0) is 9.59 Å². The first-order valence-corrected chi connectivity index (χ1v) is 18.8. The second kappa shape index (κ2) is 37.8. The minimum Gasteiger partial charge on any atom is -0.300 e. The largest absolute Gasteiger partial charge is 0.300 e. The van der Waals surface area contributed by atoms with E-state index in [1.807, 2.05) is 0 Å². The Bertz CT molecular complexity index is 610. The number of allylic oxidation sites excluding steroid dienone is 4. The summed E-state index contributed by atoms with van der Waals surface area (Å²) in [6, 6.07) is 0. The smallest absolute Gasteiger partial charge is 0.158 e. The van der Waals surface area contributed by atoms with Crippen LogP contribution >= 0.6 is 0 Å². The number of ketones is 2. The Kier molecular flexibility index (Phi) is 40.8. The zero-order chi connectivity index (χ0) is 32.3. The lowest BCUT2D eigenvalue weighted by molar-refractivity contribution is -0.119. The van der Waals surface area contributed by atoms with Crippen LogP contribution in [0, 0.1) is 0 Å². The van der Waals surface area contributed by atoms with Crippen molar-refractivity contribution in [2.45, 2.75) is 223 Å². The monoisotopic (exact) mass is 591 g/mol. The Morgan fingerprint density at radius 1 is 0.405 bits per heavy atom. The summed E-state index contributed by atoms with van der Waals surface area (Å²) in [6.45, 7) is 19.9. The van der Waals surface area contributed by atoms with Crippen molar-refractivity contribution in [3.63, 3.8) is 0 Å². The number of hydrogen-bond acceptors (Lipinski definition) is 2. The van der Waals surface area contributed by atoms with Crippen LogP contribution in [0.25, 0.3) is 0 Å². The van der Waals surface area contributed by atoms with Gasteiger partial charge in [-0.25, -0.2) is 0 Å². The van der Waals surface area contributed by atoms with Gasteiger partial charge >= 0.3 is 0 Å². The average Bonchev–Trinajstić information content (AvgIpc) is 3.01. The molecule has 0 N–H and O–H groups in total. The van der Waals surface area contributed by atoms with Crippen LogP contribution in [-0.4, -0.2) is 11.6 Å². The van der Waals surface area contributed by atoms with Crippen molar-refractivity contribution in [1.29, 1.82) is 0 Å². The molecule has 0 saturated heterocycles. The van der Waals surface area contributed by atoms with Crippen LogP contribution < -0.4 is 0 Å². The second-order valence-corrected chi connectivity index (χ2v) is 12.2. The van der Waals surface area contributed by atoms with Gasteiger partial charge in [0.05, 0.1) is 0 Å². The van der Waals surface area contributed by atoms with Crippen molar-refractivity contribution in [3.05, 3.63) is 22.8 Å². The van der Waals surface area contributed by atoms with Crippen LogP contribution in [0.5, 0.6) is 0 Å². The van der Waals surface area contributed by atoms with E-state index in [1.54, 1.807) is 5.57 Å². The quantitative estimate of drug-likeness (QED) is 0.0741. The molecule has 0 amide bonds. The molecule has 0 aliphatic heterocycles. The summed E-state index contributed by atoms with van der Waals surface area (Å²) in [5.74, 6) is 0.884. The molecule has 0 spiro atoms. The molecule has 0 aliphatic carbocycles. The van der Waals surface area contributed by atoms with Crippen molar-refractivity contribution in [1.82, 2.24) is 0 Å². The molecular weight excluding hydrogens is 512 g/mol. The molecule has 2 heteroatoms. The molecule has 250 valence electrons. The summed E-state index contributed by atoms with van der Waals surface area (Å²) in [7, 11) is 0. The van der Waals surface area contributed by atoms with E-state index in [9.17, 15) is 9.59 Å². The first-order valence-electron chi connectivity index (χ1n) is 18.8. The Labute approximate surface area is 266 Å². The fraction of sp³-hybridized carbons (Fsp3) is 0.850. The van der Waals surface area contributed by atoms with Gasteiger partial charge in [0.15, 0.2) is 5.78 Å². The number of unbranched alkanes of at least 4 members (excludes halogenated alkanes) is 8. The molecule has 0 rings (SSSR count). The highest BCUT2D eigenvalue weighted by molar-refractivity contribution is 5.96. The molecule has 0 saturated carbocycles. The third-order valence-electron chi connectivity index (χ3n) is 7.73. The maximum Gasteiger partial charge on any atom is 0.158 e. The van der Waals surface area contributed by atoms with E-state index in [0.29, 0.717) is 11.6 Å². The van der Waals surface area contributed by atoms with E-state index in [2.05, 4.69) is 68.4 Å². The van der Waals surface area contributed by atoms with Crippen molar-refractivity contribution in [2.24, 2.45) is 0 Å². The number of carbonyl (C=O) groups is 2. The summed E-state index contributed by atoms with van der Waals surface area (Å²) >= 11 is 0. The standard InChI is InChI=1S/C18H34O.C13H26.C9H18O/c1-5-9-13-16(14-10-6-2)17(12-8-4)18(19)15-11-7-3;1-4-7-10-13(11-8-5-2)12-9-6-3;1-3-5-7-9(10)8-6-4-2/h5-15H2,1-4H3;10H,4-9,11-12H2,1-3H3;3-8H2,1-2H3. The van der Waals surface area contributed by atoms with Crippen molar-refractivity contribution in [2.75, 3.05) is 0 Å². The fourth-order valence-electron chi connectivity index (χ4n) is 4.82. The second-order valence-electron chi connectivity index (χ2n) is 12.2. The van der Waals surface area contributed by atoms with Crippen LogP contribution in [0.2, 0.25) is 0 Å². The normalized spacial score (nSPS) is 10.2. The molecule has 0 aromatic rings. The Balaban J connectivity index is -0.000000576. The van der Waals surface area contributed by atoms with Crippen molar-refractivity contribution >= 4 is 11.6 Å². The highest BCUT2D eigenvalue weighted by atomic mass is 16.1. The summed E-state index contributed by atoms with van der Waals surface area (Å²) in [5, 5.41) is 0. The molecule has 0 bridgehead atoms. The van der Waals surface area contributed by atoms with Crippen molar-refractivity contribution in [3.8, 4) is 0 Å². The molecule has 0 aromatic heterocycles. The topological polar surface area (TPSA) is 34.1 Å². The maximum atomic E-state index is 12.4. The predicted molar refractivity (Wildman–Crippen MR) is 192 cm³/mol. The summed E-state index contributed by atoms with van der Waals surface area (Å²) in [5.41, 5.74) is 4.38. The highest BCUT2D eigenvalue weighted by Gasteiger charge is 2.14. The van der Waals surface area contributed by atoms with Gasteiger partial charge in [-0.2, -0.15) is 0 Å². The van der Waals surface area contributed by atoms with Crippen LogP contribution in [0.4, 0.5) is 0 Å². The lowest BCUT2D eigenvalue weighted by Gasteiger charge is -2.14. The molecule has 0 aliphatic rings. The van der Waals surface area contributed by atoms with E-state index in [1.165, 1.54) is 88.2 Å². The Morgan fingerprint density at radius 2 is 0.786 bits per heavy atom. The first kappa shape index (κ1) is 45.3. The highest BCUT2D eigenvalue weighted by Crippen LogP contribution is 2.24. The van der Waals surface area contributed by atoms with Gasteiger partial charge in [-0.1, -0.05) is 137 Å². The lowest BCUT2D eigenvalue weighted by atomic mass is 9.90. The molecular formula is C40H78O2. The minimum absolute atomic E-state index is 0.436. The van der Waals surface area contributed by atoms with Gasteiger partial charge in [-0.05, 0) is 89.0 Å². The molecule has 0 atom stereocenters. The molecule has 0 aromatic carbocycles. The minimum atomic E-state index is 0.436. The van der Waals surface area contributed by atoms with Crippen LogP contribution in [0.3, 0.4) is 0 Å². The Hall–Kier alpha value is -1.18. The van der Waals surface area contributed by atoms with Gasteiger partial charge in [-0.3, -0.25) is 9.59 Å². The Morgan fingerprint density at radius 3 is 1.17 bits per heavy atom. The van der Waals surface area contributed by atoms with Gasteiger partial charge in [0.1, 0.15) is 5.78 Å². The van der Waals surface area contributed by atoms with Gasteiger partial charge < -0.3 is 0 Å². The van der Waals surface area contributed by atoms with Gasteiger partial charge in [0.2, 0.25) is 0 Å². The summed E-state index contributed by atoms with van der Waals surface area (Å²) < 4.78 is 0. The van der Waals surface area contributed by atoms with Crippen LogP contribution in [0.15, 0.2) is 22.8 Å². The summed E-state index contributed by atoms with van der Waals surface area (Å²) in [6.07, 6.45) is 31.4. The molecule has 2 nitrogen and oxygen atoms in total. The van der Waals surface area contributed by atoms with E-state index in [-0.39, 0.29) is 0 Å². The predicted octanol–water partition coefficient (Wildman–Crippen LogP) is 14.3. The van der Waals surface area contributed by atoms with E-state index < -0.39 is 0 Å². The molecule has 0 radical (unpaired) electrons. The molecule has 0 heterocycles. The zero-order valence-electron chi connectivity index (χ0n) is 30.6. The summed E-state index contributed by atoms with van der Waals surface area (Å²) in [4.78, 5) is 23.4. The first-order chi connectivity index (χ1) is 20.4. The number of hydrogen-bond donors (Lipinski definition) is 0. The third-order valence-corrected chi connectivity index (χ3v) is 7.73. The van der Waals surface area contributed by atoms with E-state index >= 15 is 0 Å². The van der Waals surface area contributed by atoms with Gasteiger partial charge in [0, 0.05) is 19.3 Å². The SMILES string of the molecule is CCCC=C(CCCC)CCCC.CCCCC(=O)C(CCC)=C(CCCC)CCCC.CCCCC(=O)CCCC. The zero-order valence-corrected chi connectivity index (χ0v) is 30.6. The maximum absolute atomic E-state index is 12.4. The molecule has 0 unspecified atom stereocenters. The number of Topliss-reactive ketones (excluding diaryl/α,β-unsaturated/α-hetero) is 2. The number of rotatable bonds is 26. The van der Waals surface area contributed by atoms with E-state index in [0.717, 1.165) is 83.5 Å².